The molecule has 0 spiro atoms. The van der Waals surface area contributed by atoms with Crippen LogP contribution in [0.15, 0.2) is 72.8 Å². The number of benzene rings is 2. The van der Waals surface area contributed by atoms with Gasteiger partial charge in [0.05, 0.1) is 29.6 Å². The van der Waals surface area contributed by atoms with Crippen LogP contribution >= 0.6 is 0 Å². The molecule has 39 heavy (non-hydrogen) atoms. The third-order valence-corrected chi connectivity index (χ3v) is 7.98. The summed E-state index contributed by atoms with van der Waals surface area (Å²) in [6.45, 7) is 5.73. The lowest BCUT2D eigenvalue weighted by Crippen LogP contribution is -2.61. The van der Waals surface area contributed by atoms with Crippen molar-refractivity contribution in [3.63, 3.8) is 0 Å². The molecule has 7 heteroatoms. The van der Waals surface area contributed by atoms with Crippen LogP contribution in [0.2, 0.25) is 0 Å². The number of aliphatic hydroxyl groups excluding tert-OH is 2. The molecule has 2 amide bonds. The lowest BCUT2D eigenvalue weighted by atomic mass is 9.58. The molecule has 0 aliphatic heterocycles. The monoisotopic (exact) mass is 535 g/mol. The highest BCUT2D eigenvalue weighted by molar-refractivity contribution is 5.89. The number of hydrogen-bond donors (Lipinski definition) is 4. The average Bonchev–Trinajstić information content (AvgIpc) is 2.95. The maximum atomic E-state index is 14.3. The Morgan fingerprint density at radius 2 is 1.67 bits per heavy atom. The standard InChI is InChI=1S/C32H45N3O4/c1-3-21-35(22-4-2)30(39)31(19-12-20-34-27(24-36)26-15-9-6-10-16-26)17-11-18-32(28(31)37,29(33)38)23-25-13-7-5-8-14-25/h5-11,13-16,18,27-28,34,36-37H,3-4,12,17,19-24H2,1-2H3,(H2,33,38)/t27-,28-,31?,32-/m1/s1. The van der Waals surface area contributed by atoms with Crippen LogP contribution in [0.3, 0.4) is 0 Å². The van der Waals surface area contributed by atoms with E-state index in [9.17, 15) is 19.8 Å². The molecule has 7 nitrogen and oxygen atoms in total. The molecule has 0 bridgehead atoms. The summed E-state index contributed by atoms with van der Waals surface area (Å²) in [5.41, 5.74) is 5.29. The maximum absolute atomic E-state index is 14.3. The molecule has 0 radical (unpaired) electrons. The Bertz CT molecular complexity index is 1070. The second-order valence-electron chi connectivity index (χ2n) is 10.7. The van der Waals surface area contributed by atoms with Gasteiger partial charge in [0.2, 0.25) is 11.8 Å². The summed E-state index contributed by atoms with van der Waals surface area (Å²) in [5.74, 6) is -0.754. The lowest BCUT2D eigenvalue weighted by Gasteiger charge is -2.49. The second kappa shape index (κ2) is 14.4. The molecule has 0 fully saturated rings. The first-order chi connectivity index (χ1) is 18.8. The predicted molar refractivity (Wildman–Crippen MR) is 155 cm³/mol. The van der Waals surface area contributed by atoms with Gasteiger partial charge in [0.25, 0.3) is 0 Å². The van der Waals surface area contributed by atoms with E-state index in [2.05, 4.69) is 5.32 Å². The fraction of sp³-hybridized carbons (Fsp3) is 0.500. The molecule has 1 unspecified atom stereocenters. The van der Waals surface area contributed by atoms with Crippen molar-refractivity contribution in [2.24, 2.45) is 16.6 Å². The number of nitrogens with one attached hydrogen (secondary N) is 1. The molecule has 0 aromatic heterocycles. The molecule has 3 rings (SSSR count). The summed E-state index contributed by atoms with van der Waals surface area (Å²) < 4.78 is 0. The number of carbonyl (C=O) groups is 2. The first-order valence-electron chi connectivity index (χ1n) is 14.2. The van der Waals surface area contributed by atoms with Crippen LogP contribution in [0.4, 0.5) is 0 Å². The molecule has 0 heterocycles. The zero-order valence-electron chi connectivity index (χ0n) is 23.4. The summed E-state index contributed by atoms with van der Waals surface area (Å²) in [6, 6.07) is 19.0. The highest BCUT2D eigenvalue weighted by atomic mass is 16.3. The Kier molecular flexibility index (Phi) is 11.3. The Hall–Kier alpha value is -3.00. The minimum absolute atomic E-state index is 0.0535. The van der Waals surface area contributed by atoms with Gasteiger partial charge < -0.3 is 26.2 Å². The van der Waals surface area contributed by atoms with Crippen LogP contribution in [-0.4, -0.2) is 59.3 Å². The van der Waals surface area contributed by atoms with Crippen molar-refractivity contribution in [2.75, 3.05) is 26.2 Å². The van der Waals surface area contributed by atoms with Crippen molar-refractivity contribution in [3.05, 3.63) is 83.9 Å². The minimum Gasteiger partial charge on any atom is -0.394 e. The van der Waals surface area contributed by atoms with E-state index >= 15 is 0 Å². The summed E-state index contributed by atoms with van der Waals surface area (Å²) in [5, 5.41) is 25.4. The number of primary amides is 1. The molecule has 2 aromatic rings. The van der Waals surface area contributed by atoms with Crippen LogP contribution in [0.1, 0.15) is 63.1 Å². The van der Waals surface area contributed by atoms with Crippen LogP contribution < -0.4 is 11.1 Å². The van der Waals surface area contributed by atoms with Crippen LogP contribution in [-0.2, 0) is 16.0 Å². The SMILES string of the molecule is CCCN(CCC)C(=O)C1(CCCN[C@H](CO)c2ccccc2)CC=C[C@](Cc2ccccc2)(C(N)=O)[C@@H]1O. The van der Waals surface area contributed by atoms with Crippen LogP contribution in [0.5, 0.6) is 0 Å². The summed E-state index contributed by atoms with van der Waals surface area (Å²) in [7, 11) is 0. The van der Waals surface area contributed by atoms with Gasteiger partial charge in [-0.2, -0.15) is 0 Å². The average molecular weight is 536 g/mol. The number of rotatable bonds is 15. The third-order valence-electron chi connectivity index (χ3n) is 7.98. The van der Waals surface area contributed by atoms with E-state index in [4.69, 9.17) is 5.73 Å². The molecular weight excluding hydrogens is 490 g/mol. The van der Waals surface area contributed by atoms with E-state index in [-0.39, 0.29) is 25.0 Å². The zero-order chi connectivity index (χ0) is 28.3. The van der Waals surface area contributed by atoms with Gasteiger partial charge in [-0.3, -0.25) is 9.59 Å². The Morgan fingerprint density at radius 3 is 2.23 bits per heavy atom. The number of hydrogen-bond acceptors (Lipinski definition) is 5. The fourth-order valence-electron chi connectivity index (χ4n) is 5.94. The molecule has 212 valence electrons. The van der Waals surface area contributed by atoms with Gasteiger partial charge in [-0.15, -0.1) is 0 Å². The van der Waals surface area contributed by atoms with Gasteiger partial charge in [-0.1, -0.05) is 86.7 Å². The fourth-order valence-corrected chi connectivity index (χ4v) is 5.94. The molecule has 2 aromatic carbocycles. The molecule has 0 saturated carbocycles. The van der Waals surface area contributed by atoms with E-state index < -0.39 is 22.8 Å². The Labute approximate surface area is 233 Å². The molecule has 5 N–H and O–H groups in total. The summed E-state index contributed by atoms with van der Waals surface area (Å²) in [6.07, 6.45) is 5.42. The zero-order valence-corrected chi connectivity index (χ0v) is 23.4. The number of nitrogens with two attached hydrogens (primary N) is 1. The van der Waals surface area contributed by atoms with Crippen LogP contribution in [0.25, 0.3) is 0 Å². The van der Waals surface area contributed by atoms with E-state index in [1.165, 1.54) is 0 Å². The van der Waals surface area contributed by atoms with E-state index in [1.807, 2.05) is 85.5 Å². The predicted octanol–water partition coefficient (Wildman–Crippen LogP) is 3.76. The highest BCUT2D eigenvalue weighted by Crippen LogP contribution is 2.48. The maximum Gasteiger partial charge on any atom is 0.231 e. The van der Waals surface area contributed by atoms with Crippen molar-refractivity contribution in [1.82, 2.24) is 10.2 Å². The molecule has 1 aliphatic rings. The second-order valence-corrected chi connectivity index (χ2v) is 10.7. The van der Waals surface area contributed by atoms with Crippen molar-refractivity contribution in [1.29, 1.82) is 0 Å². The van der Waals surface area contributed by atoms with Gasteiger partial charge in [0.15, 0.2) is 0 Å². The lowest BCUT2D eigenvalue weighted by molar-refractivity contribution is -0.162. The first-order valence-corrected chi connectivity index (χ1v) is 14.2. The number of nitrogens with zero attached hydrogens (tertiary/aromatic N) is 1. The largest absolute Gasteiger partial charge is 0.394 e. The van der Waals surface area contributed by atoms with Crippen molar-refractivity contribution < 1.29 is 19.8 Å². The topological polar surface area (TPSA) is 116 Å². The molecule has 4 atom stereocenters. The van der Waals surface area contributed by atoms with Gasteiger partial charge in [0.1, 0.15) is 0 Å². The van der Waals surface area contributed by atoms with Crippen molar-refractivity contribution in [2.45, 2.75) is 64.5 Å². The quantitative estimate of drug-likeness (QED) is 0.205. The van der Waals surface area contributed by atoms with Gasteiger partial charge in [0, 0.05) is 13.1 Å². The summed E-state index contributed by atoms with van der Waals surface area (Å²) >= 11 is 0. The van der Waals surface area contributed by atoms with Crippen molar-refractivity contribution in [3.8, 4) is 0 Å². The summed E-state index contributed by atoms with van der Waals surface area (Å²) in [4.78, 5) is 29.2. The number of aliphatic hydroxyl groups is 2. The number of allylic oxidation sites excluding steroid dienone is 1. The highest BCUT2D eigenvalue weighted by Gasteiger charge is 2.58. The molecular formula is C32H45N3O4. The van der Waals surface area contributed by atoms with Gasteiger partial charge in [-0.05, 0) is 56.2 Å². The first kappa shape index (κ1) is 30.5. The van der Waals surface area contributed by atoms with E-state index in [0.29, 0.717) is 38.9 Å². The van der Waals surface area contributed by atoms with E-state index in [0.717, 1.165) is 24.0 Å². The normalized spacial score (nSPS) is 23.3. The third kappa shape index (κ3) is 6.96. The Morgan fingerprint density at radius 1 is 1.05 bits per heavy atom. The number of amides is 2. The van der Waals surface area contributed by atoms with Crippen LogP contribution in [0, 0.1) is 10.8 Å². The smallest absolute Gasteiger partial charge is 0.231 e. The molecule has 1 aliphatic carbocycles. The molecule has 0 saturated heterocycles. The minimum atomic E-state index is -1.40. The van der Waals surface area contributed by atoms with Crippen molar-refractivity contribution >= 4 is 11.8 Å². The number of carbonyl (C=O) groups excluding carboxylic acids is 2. The van der Waals surface area contributed by atoms with Gasteiger partial charge in [-0.25, -0.2) is 0 Å². The Balaban J connectivity index is 1.91. The van der Waals surface area contributed by atoms with E-state index in [1.54, 1.807) is 6.08 Å². The van der Waals surface area contributed by atoms with Gasteiger partial charge >= 0.3 is 0 Å².